The highest BCUT2D eigenvalue weighted by Gasteiger charge is 2.21. The third-order valence-corrected chi connectivity index (χ3v) is 6.00. The van der Waals surface area contributed by atoms with Crippen LogP contribution in [-0.2, 0) is 11.3 Å². The second kappa shape index (κ2) is 8.49. The topological polar surface area (TPSA) is 105 Å². The summed E-state index contributed by atoms with van der Waals surface area (Å²) in [6, 6.07) is 10.4. The zero-order valence-corrected chi connectivity index (χ0v) is 17.9. The highest BCUT2D eigenvalue weighted by atomic mass is 16.6. The number of carbonyl (C=O) groups is 2. The Kier molecular flexibility index (Phi) is 5.38. The van der Waals surface area contributed by atoms with Crippen LogP contribution >= 0.6 is 0 Å². The molecule has 2 heterocycles. The number of ether oxygens (including phenoxy) is 1. The lowest BCUT2D eigenvalue weighted by Gasteiger charge is -2.21. The summed E-state index contributed by atoms with van der Waals surface area (Å²) in [4.78, 5) is 25.2. The van der Waals surface area contributed by atoms with Crippen LogP contribution in [0.4, 0.5) is 0 Å². The molecule has 9 heteroatoms. The summed E-state index contributed by atoms with van der Waals surface area (Å²) in [6.07, 6.45) is 6.76. The van der Waals surface area contributed by atoms with Gasteiger partial charge in [-0.05, 0) is 55.7 Å². The van der Waals surface area contributed by atoms with Crippen LogP contribution in [0.3, 0.4) is 0 Å². The van der Waals surface area contributed by atoms with Crippen molar-refractivity contribution in [1.29, 1.82) is 0 Å². The molecule has 2 aromatic heterocycles. The Hall–Kier alpha value is -3.62. The van der Waals surface area contributed by atoms with Gasteiger partial charge in [-0.2, -0.15) is 0 Å². The summed E-state index contributed by atoms with van der Waals surface area (Å²) < 4.78 is 8.85. The summed E-state index contributed by atoms with van der Waals surface area (Å²) in [5, 5.41) is 16.7. The van der Waals surface area contributed by atoms with Gasteiger partial charge in [0.2, 0.25) is 0 Å². The van der Waals surface area contributed by atoms with Gasteiger partial charge in [0.1, 0.15) is 11.0 Å². The SMILES string of the molecule is CCCn1nnc2cc(C(=O)OC(=O)c3ccc4c(c3)nnn4C3CCCCC3)ccc21. The first-order chi connectivity index (χ1) is 15.6. The Labute approximate surface area is 184 Å². The normalized spacial score (nSPS) is 14.8. The molecular formula is C23H24N6O3. The van der Waals surface area contributed by atoms with Crippen molar-refractivity contribution >= 4 is 34.0 Å². The average molecular weight is 432 g/mol. The molecule has 1 fully saturated rings. The van der Waals surface area contributed by atoms with E-state index in [4.69, 9.17) is 4.74 Å². The first-order valence-electron chi connectivity index (χ1n) is 11.1. The Morgan fingerprint density at radius 1 is 0.906 bits per heavy atom. The molecule has 32 heavy (non-hydrogen) atoms. The minimum atomic E-state index is -0.729. The van der Waals surface area contributed by atoms with Gasteiger partial charge in [-0.1, -0.05) is 36.6 Å². The first-order valence-corrected chi connectivity index (χ1v) is 11.1. The van der Waals surface area contributed by atoms with Crippen LogP contribution in [0.1, 0.15) is 72.2 Å². The maximum Gasteiger partial charge on any atom is 0.346 e. The lowest BCUT2D eigenvalue weighted by Crippen LogP contribution is -2.14. The third kappa shape index (κ3) is 3.74. The van der Waals surface area contributed by atoms with Crippen molar-refractivity contribution in [2.24, 2.45) is 0 Å². The van der Waals surface area contributed by atoms with Crippen molar-refractivity contribution in [1.82, 2.24) is 30.0 Å². The van der Waals surface area contributed by atoms with E-state index >= 15 is 0 Å². The maximum absolute atomic E-state index is 12.6. The lowest BCUT2D eigenvalue weighted by molar-refractivity contribution is 0.0398. The fourth-order valence-electron chi connectivity index (χ4n) is 4.34. The molecule has 0 saturated heterocycles. The summed E-state index contributed by atoms with van der Waals surface area (Å²) in [6.45, 7) is 2.80. The van der Waals surface area contributed by atoms with Crippen molar-refractivity contribution in [2.45, 2.75) is 58.0 Å². The molecule has 0 aliphatic heterocycles. The monoisotopic (exact) mass is 432 g/mol. The molecule has 2 aromatic carbocycles. The quantitative estimate of drug-likeness (QED) is 0.345. The van der Waals surface area contributed by atoms with E-state index in [-0.39, 0.29) is 11.1 Å². The summed E-state index contributed by atoms with van der Waals surface area (Å²) in [7, 11) is 0. The molecule has 0 spiro atoms. The van der Waals surface area contributed by atoms with E-state index in [9.17, 15) is 9.59 Å². The highest BCUT2D eigenvalue weighted by molar-refractivity contribution is 6.04. The number of aryl methyl sites for hydroxylation is 1. The largest absolute Gasteiger partial charge is 0.386 e. The minimum Gasteiger partial charge on any atom is -0.386 e. The van der Waals surface area contributed by atoms with Gasteiger partial charge in [0.25, 0.3) is 0 Å². The Bertz CT molecular complexity index is 1300. The van der Waals surface area contributed by atoms with E-state index in [1.54, 1.807) is 35.0 Å². The van der Waals surface area contributed by atoms with Crippen molar-refractivity contribution in [3.05, 3.63) is 47.5 Å². The summed E-state index contributed by atoms with van der Waals surface area (Å²) in [5.41, 5.74) is 3.43. The molecule has 164 valence electrons. The zero-order valence-electron chi connectivity index (χ0n) is 17.9. The van der Waals surface area contributed by atoms with Crippen LogP contribution in [-0.4, -0.2) is 41.9 Å². The fourth-order valence-corrected chi connectivity index (χ4v) is 4.34. The number of aromatic nitrogens is 6. The molecule has 4 aromatic rings. The maximum atomic E-state index is 12.6. The number of rotatable bonds is 5. The molecule has 1 saturated carbocycles. The number of benzene rings is 2. The van der Waals surface area contributed by atoms with Gasteiger partial charge in [-0.3, -0.25) is 0 Å². The molecule has 0 amide bonds. The van der Waals surface area contributed by atoms with Gasteiger partial charge in [-0.25, -0.2) is 19.0 Å². The predicted molar refractivity (Wildman–Crippen MR) is 117 cm³/mol. The molecule has 0 atom stereocenters. The number of hydrogen-bond donors (Lipinski definition) is 0. The van der Waals surface area contributed by atoms with Crippen LogP contribution in [0.2, 0.25) is 0 Å². The van der Waals surface area contributed by atoms with Gasteiger partial charge in [0, 0.05) is 6.54 Å². The molecule has 0 bridgehead atoms. The average Bonchev–Trinajstić information content (AvgIpc) is 3.43. The van der Waals surface area contributed by atoms with Crippen LogP contribution in [0.5, 0.6) is 0 Å². The third-order valence-electron chi connectivity index (χ3n) is 6.00. The van der Waals surface area contributed by atoms with Crippen molar-refractivity contribution in [3.8, 4) is 0 Å². The van der Waals surface area contributed by atoms with E-state index in [2.05, 4.69) is 27.5 Å². The second-order valence-electron chi connectivity index (χ2n) is 8.22. The smallest absolute Gasteiger partial charge is 0.346 e. The van der Waals surface area contributed by atoms with E-state index in [0.29, 0.717) is 17.1 Å². The molecule has 9 nitrogen and oxygen atoms in total. The zero-order chi connectivity index (χ0) is 22.1. The minimum absolute atomic E-state index is 0.249. The number of fused-ring (bicyclic) bond motifs is 2. The summed E-state index contributed by atoms with van der Waals surface area (Å²) in [5.74, 6) is -1.45. The van der Waals surface area contributed by atoms with E-state index in [0.717, 1.165) is 36.8 Å². The van der Waals surface area contributed by atoms with Crippen LogP contribution in [0.15, 0.2) is 36.4 Å². The Morgan fingerprint density at radius 2 is 1.53 bits per heavy atom. The summed E-state index contributed by atoms with van der Waals surface area (Å²) >= 11 is 0. The van der Waals surface area contributed by atoms with E-state index in [1.165, 1.54) is 19.3 Å². The van der Waals surface area contributed by atoms with Gasteiger partial charge < -0.3 is 4.74 Å². The van der Waals surface area contributed by atoms with Gasteiger partial charge >= 0.3 is 11.9 Å². The first kappa shape index (κ1) is 20.3. The number of carbonyl (C=O) groups excluding carboxylic acids is 2. The van der Waals surface area contributed by atoms with Crippen LogP contribution in [0.25, 0.3) is 22.1 Å². The highest BCUT2D eigenvalue weighted by Crippen LogP contribution is 2.30. The molecule has 0 N–H and O–H groups in total. The van der Waals surface area contributed by atoms with Crippen LogP contribution in [0, 0.1) is 0 Å². The van der Waals surface area contributed by atoms with Gasteiger partial charge in [0.15, 0.2) is 0 Å². The van der Waals surface area contributed by atoms with Crippen molar-refractivity contribution < 1.29 is 14.3 Å². The molecule has 1 aliphatic rings. The Morgan fingerprint density at radius 3 is 2.22 bits per heavy atom. The molecule has 0 unspecified atom stereocenters. The number of esters is 2. The molecule has 5 rings (SSSR count). The molecule has 1 aliphatic carbocycles. The lowest BCUT2D eigenvalue weighted by atomic mass is 9.95. The van der Waals surface area contributed by atoms with Gasteiger partial charge in [-0.15, -0.1) is 10.2 Å². The van der Waals surface area contributed by atoms with Crippen LogP contribution < -0.4 is 0 Å². The van der Waals surface area contributed by atoms with E-state index < -0.39 is 11.9 Å². The van der Waals surface area contributed by atoms with Gasteiger partial charge in [0.05, 0.1) is 28.2 Å². The van der Waals surface area contributed by atoms with Crippen molar-refractivity contribution in [2.75, 3.05) is 0 Å². The number of hydrogen-bond acceptors (Lipinski definition) is 7. The fraction of sp³-hybridized carbons (Fsp3) is 0.391. The Balaban J connectivity index is 1.33. The standard InChI is InChI=1S/C23H24N6O3/c1-2-12-28-20-10-8-15(13-18(20)24-26-28)22(30)32-23(31)16-9-11-21-19(14-16)25-27-29(21)17-6-4-3-5-7-17/h8-11,13-14,17H,2-7,12H2,1H3. The predicted octanol–water partition coefficient (Wildman–Crippen LogP) is 4.09. The molecule has 0 radical (unpaired) electrons. The number of nitrogens with zero attached hydrogens (tertiary/aromatic N) is 6. The van der Waals surface area contributed by atoms with Crippen molar-refractivity contribution in [3.63, 3.8) is 0 Å². The van der Waals surface area contributed by atoms with E-state index in [1.807, 2.05) is 10.7 Å². The second-order valence-corrected chi connectivity index (χ2v) is 8.22. The molecular weight excluding hydrogens is 408 g/mol.